The predicted molar refractivity (Wildman–Crippen MR) is 71.3 cm³/mol. The lowest BCUT2D eigenvalue weighted by atomic mass is 9.70. The molecule has 0 spiro atoms. The average Bonchev–Trinajstić information content (AvgIpc) is 2.37. The molecule has 0 atom stereocenters. The molecule has 1 amide bonds. The normalized spacial score (nSPS) is 25.3. The molecular formula is C14H17N3O2. The van der Waals surface area contributed by atoms with Gasteiger partial charge in [-0.05, 0) is 37.5 Å². The second kappa shape index (κ2) is 5.00. The van der Waals surface area contributed by atoms with Gasteiger partial charge in [-0.25, -0.2) is 0 Å². The van der Waals surface area contributed by atoms with Gasteiger partial charge in [0.1, 0.15) is 0 Å². The zero-order valence-electron chi connectivity index (χ0n) is 10.8. The van der Waals surface area contributed by atoms with Gasteiger partial charge in [-0.1, -0.05) is 6.07 Å². The van der Waals surface area contributed by atoms with Crippen LogP contribution in [0, 0.1) is 24.2 Å². The number of nitrogens with zero attached hydrogens (tertiary/aromatic N) is 1. The van der Waals surface area contributed by atoms with Crippen molar-refractivity contribution in [2.75, 3.05) is 11.9 Å². The van der Waals surface area contributed by atoms with E-state index in [1.54, 1.807) is 18.2 Å². The summed E-state index contributed by atoms with van der Waals surface area (Å²) in [6, 6.07) is 7.20. The molecule has 1 aliphatic carbocycles. The molecule has 1 aliphatic rings. The Morgan fingerprint density at radius 2 is 2.32 bits per heavy atom. The predicted octanol–water partition coefficient (Wildman–Crippen LogP) is 0.905. The Morgan fingerprint density at radius 3 is 2.89 bits per heavy atom. The van der Waals surface area contributed by atoms with Gasteiger partial charge >= 0.3 is 0 Å². The Bertz CT molecular complexity index is 542. The number of carbonyl (C=O) groups excluding carboxylic acids is 1. The van der Waals surface area contributed by atoms with Gasteiger partial charge in [0.2, 0.25) is 5.91 Å². The molecule has 100 valence electrons. The van der Waals surface area contributed by atoms with Crippen LogP contribution in [0.2, 0.25) is 0 Å². The fraction of sp³-hybridized carbons (Fsp3) is 0.429. The number of rotatable bonds is 3. The van der Waals surface area contributed by atoms with Crippen molar-refractivity contribution in [3.8, 4) is 6.07 Å². The highest BCUT2D eigenvalue weighted by atomic mass is 16.3. The Kier molecular flexibility index (Phi) is 3.56. The van der Waals surface area contributed by atoms with Crippen molar-refractivity contribution in [1.29, 1.82) is 5.26 Å². The van der Waals surface area contributed by atoms with E-state index >= 15 is 0 Å². The Balaban J connectivity index is 2.03. The lowest BCUT2D eigenvalue weighted by molar-refractivity contribution is -0.134. The molecule has 4 N–H and O–H groups in total. The van der Waals surface area contributed by atoms with Crippen LogP contribution in [0.1, 0.15) is 24.0 Å². The second-order valence-corrected chi connectivity index (χ2v) is 5.16. The fourth-order valence-electron chi connectivity index (χ4n) is 2.27. The second-order valence-electron chi connectivity index (χ2n) is 5.16. The number of aliphatic hydroxyl groups is 1. The van der Waals surface area contributed by atoms with E-state index in [9.17, 15) is 9.90 Å². The summed E-state index contributed by atoms with van der Waals surface area (Å²) in [6.07, 6.45) is 0.790. The first-order valence-electron chi connectivity index (χ1n) is 6.21. The first kappa shape index (κ1) is 13.5. The van der Waals surface area contributed by atoms with E-state index < -0.39 is 5.60 Å². The third kappa shape index (κ3) is 2.75. The molecular weight excluding hydrogens is 242 g/mol. The van der Waals surface area contributed by atoms with Gasteiger partial charge in [-0.3, -0.25) is 4.79 Å². The number of nitrogens with two attached hydrogens (primary N) is 1. The number of benzene rings is 1. The molecule has 0 aromatic heterocycles. The van der Waals surface area contributed by atoms with E-state index in [0.717, 1.165) is 5.56 Å². The Labute approximate surface area is 112 Å². The summed E-state index contributed by atoms with van der Waals surface area (Å²) >= 11 is 0. The zero-order chi connectivity index (χ0) is 14.0. The van der Waals surface area contributed by atoms with Crippen LogP contribution in [0.3, 0.4) is 0 Å². The minimum absolute atomic E-state index is 0.128. The first-order chi connectivity index (χ1) is 8.97. The van der Waals surface area contributed by atoms with E-state index in [4.69, 9.17) is 11.0 Å². The van der Waals surface area contributed by atoms with Gasteiger partial charge in [0.15, 0.2) is 0 Å². The van der Waals surface area contributed by atoms with Crippen molar-refractivity contribution in [2.45, 2.75) is 25.4 Å². The number of amides is 1. The molecule has 1 aromatic carbocycles. The largest absolute Gasteiger partial charge is 0.389 e. The Hall–Kier alpha value is -1.90. The van der Waals surface area contributed by atoms with Gasteiger partial charge in [0.25, 0.3) is 0 Å². The third-order valence-electron chi connectivity index (χ3n) is 3.63. The lowest BCUT2D eigenvalue weighted by Gasteiger charge is -2.41. The highest BCUT2D eigenvalue weighted by Gasteiger charge is 2.45. The van der Waals surface area contributed by atoms with E-state index in [1.165, 1.54) is 0 Å². The number of nitrogens with one attached hydrogen (secondary N) is 1. The van der Waals surface area contributed by atoms with Crippen LogP contribution >= 0.6 is 0 Å². The number of nitriles is 1. The fourth-order valence-corrected chi connectivity index (χ4v) is 2.27. The van der Waals surface area contributed by atoms with Gasteiger partial charge in [-0.15, -0.1) is 0 Å². The van der Waals surface area contributed by atoms with Crippen LogP contribution in [-0.2, 0) is 4.79 Å². The lowest BCUT2D eigenvalue weighted by Crippen LogP contribution is -2.53. The van der Waals surface area contributed by atoms with E-state index in [-0.39, 0.29) is 18.4 Å². The number of aryl methyl sites for hydroxylation is 1. The maximum atomic E-state index is 12.0. The van der Waals surface area contributed by atoms with Crippen LogP contribution in [0.4, 0.5) is 5.69 Å². The summed E-state index contributed by atoms with van der Waals surface area (Å²) in [5.41, 5.74) is 6.60. The highest BCUT2D eigenvalue weighted by Crippen LogP contribution is 2.37. The van der Waals surface area contributed by atoms with Crippen molar-refractivity contribution < 1.29 is 9.90 Å². The van der Waals surface area contributed by atoms with Crippen molar-refractivity contribution in [3.63, 3.8) is 0 Å². The summed E-state index contributed by atoms with van der Waals surface area (Å²) in [5, 5.41) is 21.4. The minimum atomic E-state index is -0.883. The van der Waals surface area contributed by atoms with Crippen molar-refractivity contribution in [2.24, 2.45) is 11.7 Å². The average molecular weight is 259 g/mol. The molecule has 0 unspecified atom stereocenters. The molecule has 1 aromatic rings. The van der Waals surface area contributed by atoms with Crippen molar-refractivity contribution in [1.82, 2.24) is 0 Å². The zero-order valence-corrected chi connectivity index (χ0v) is 10.8. The van der Waals surface area contributed by atoms with E-state index in [0.29, 0.717) is 24.1 Å². The van der Waals surface area contributed by atoms with Gasteiger partial charge in [0.05, 0.1) is 17.2 Å². The third-order valence-corrected chi connectivity index (χ3v) is 3.63. The number of hydrogen-bond acceptors (Lipinski definition) is 4. The molecule has 5 nitrogen and oxygen atoms in total. The summed E-state index contributed by atoms with van der Waals surface area (Å²) in [4.78, 5) is 12.0. The molecule has 2 rings (SSSR count). The molecule has 0 saturated heterocycles. The van der Waals surface area contributed by atoms with Crippen LogP contribution < -0.4 is 11.1 Å². The van der Waals surface area contributed by atoms with Crippen molar-refractivity contribution in [3.05, 3.63) is 29.3 Å². The van der Waals surface area contributed by atoms with Crippen LogP contribution in [-0.4, -0.2) is 23.2 Å². The molecule has 0 radical (unpaired) electrons. The monoisotopic (exact) mass is 259 g/mol. The quantitative estimate of drug-likeness (QED) is 0.751. The number of anilines is 1. The molecule has 1 saturated carbocycles. The molecule has 1 fully saturated rings. The summed E-state index contributed by atoms with van der Waals surface area (Å²) < 4.78 is 0. The maximum Gasteiger partial charge on any atom is 0.227 e. The maximum absolute atomic E-state index is 12.0. The molecule has 0 bridgehead atoms. The van der Waals surface area contributed by atoms with Crippen LogP contribution in [0.25, 0.3) is 0 Å². The summed E-state index contributed by atoms with van der Waals surface area (Å²) in [5.74, 6) is -0.338. The molecule has 0 heterocycles. The Morgan fingerprint density at radius 1 is 1.63 bits per heavy atom. The number of hydrogen-bond donors (Lipinski definition) is 3. The highest BCUT2D eigenvalue weighted by molar-refractivity contribution is 5.94. The van der Waals surface area contributed by atoms with Crippen LogP contribution in [0.5, 0.6) is 0 Å². The van der Waals surface area contributed by atoms with Gasteiger partial charge in [0, 0.05) is 18.2 Å². The first-order valence-corrected chi connectivity index (χ1v) is 6.21. The smallest absolute Gasteiger partial charge is 0.227 e. The van der Waals surface area contributed by atoms with Gasteiger partial charge in [-0.2, -0.15) is 5.26 Å². The van der Waals surface area contributed by atoms with Crippen LogP contribution in [0.15, 0.2) is 18.2 Å². The summed E-state index contributed by atoms with van der Waals surface area (Å²) in [6.45, 7) is 2.05. The standard InChI is InChI=1S/C14H17N3O2/c1-9-2-3-10(7-15)4-12(9)17-13(18)11-5-14(19,6-11)8-16/h2-4,11,19H,5-6,8,16H2,1H3,(H,17,18). The number of carbonyl (C=O) groups is 1. The van der Waals surface area contributed by atoms with Crippen molar-refractivity contribution >= 4 is 11.6 Å². The molecule has 0 aliphatic heterocycles. The van der Waals surface area contributed by atoms with E-state index in [1.807, 2.05) is 13.0 Å². The summed E-state index contributed by atoms with van der Waals surface area (Å²) in [7, 11) is 0. The van der Waals surface area contributed by atoms with Gasteiger partial charge < -0.3 is 16.2 Å². The SMILES string of the molecule is Cc1ccc(C#N)cc1NC(=O)C1CC(O)(CN)C1. The van der Waals surface area contributed by atoms with E-state index in [2.05, 4.69) is 5.32 Å². The molecule has 5 heteroatoms. The topological polar surface area (TPSA) is 99.1 Å². The minimum Gasteiger partial charge on any atom is -0.389 e. The molecule has 19 heavy (non-hydrogen) atoms.